The molecule has 1 saturated carbocycles. The Hall–Kier alpha value is -4.44. The first-order valence-electron chi connectivity index (χ1n) is 16.9. The SMILES string of the molecule is COc1cc(OC)c2c(O[C@H]3C[C@H]4C(=O)N(C)CCCC/C=C\[C@@H]5C[C@@]5(C(=O)NS(C)(=O)=O)NC(=O)N4C3)cc(-c3nc(C(C)C)cs3)nc2c1. The molecule has 2 N–H and O–H groups in total. The van der Waals surface area contributed by atoms with E-state index in [1.807, 2.05) is 22.3 Å². The summed E-state index contributed by atoms with van der Waals surface area (Å²) in [5.74, 6) is 0.214. The largest absolute Gasteiger partial charge is 0.497 e. The van der Waals surface area contributed by atoms with Crippen LogP contribution in [0.1, 0.15) is 57.6 Å². The van der Waals surface area contributed by atoms with E-state index < -0.39 is 45.6 Å². The zero-order valence-corrected chi connectivity index (χ0v) is 31.2. The van der Waals surface area contributed by atoms with Gasteiger partial charge in [0.1, 0.15) is 45.6 Å². The zero-order valence-electron chi connectivity index (χ0n) is 29.6. The van der Waals surface area contributed by atoms with Crippen molar-refractivity contribution in [1.29, 1.82) is 0 Å². The normalized spacial score (nSPS) is 24.7. The van der Waals surface area contributed by atoms with Crippen molar-refractivity contribution in [2.45, 2.75) is 69.6 Å². The van der Waals surface area contributed by atoms with Gasteiger partial charge in [0.05, 0.1) is 43.6 Å². The summed E-state index contributed by atoms with van der Waals surface area (Å²) in [5.41, 5.74) is 0.612. The van der Waals surface area contributed by atoms with Gasteiger partial charge in [0.25, 0.3) is 5.91 Å². The Morgan fingerprint density at radius 3 is 2.59 bits per heavy atom. The number of thiazole rings is 1. The third-order valence-electron chi connectivity index (χ3n) is 9.59. The van der Waals surface area contributed by atoms with Gasteiger partial charge in [0.2, 0.25) is 15.9 Å². The van der Waals surface area contributed by atoms with Crippen molar-refractivity contribution in [1.82, 2.24) is 29.8 Å². The summed E-state index contributed by atoms with van der Waals surface area (Å²) in [4.78, 5) is 54.1. The summed E-state index contributed by atoms with van der Waals surface area (Å²) >= 11 is 1.47. The number of nitrogens with zero attached hydrogens (tertiary/aromatic N) is 4. The van der Waals surface area contributed by atoms with E-state index in [1.54, 1.807) is 44.4 Å². The van der Waals surface area contributed by atoms with Gasteiger partial charge in [0.15, 0.2) is 0 Å². The standard InChI is InChI=1S/C35H44N6O8S2/c1-20(2)26-19-50-31(37-26)25-16-29(30-24(36-25)13-22(47-4)15-28(30)48-5)49-23-14-27-32(42)40(3)12-10-8-7-9-11-21-17-35(21,33(43)39-51(6,45)46)38-34(44)41(27)18-23/h9,11,13,15-16,19-21,23,27H,7-8,10,12,14,17-18H2,1-6H3,(H,38,44)(H,39,43)/b11-9-/t21-,23+,27+,35-/m1/s1. The highest BCUT2D eigenvalue weighted by atomic mass is 32.2. The molecule has 0 radical (unpaired) electrons. The molecule has 3 aromatic rings. The lowest BCUT2D eigenvalue weighted by Crippen LogP contribution is -2.57. The Bertz CT molecular complexity index is 1980. The average Bonchev–Trinajstić information content (AvgIpc) is 3.37. The molecular weight excluding hydrogens is 697 g/mol. The van der Waals surface area contributed by atoms with E-state index in [0.717, 1.165) is 31.2 Å². The minimum Gasteiger partial charge on any atom is -0.497 e. The Labute approximate surface area is 301 Å². The van der Waals surface area contributed by atoms with Gasteiger partial charge in [-0.2, -0.15) is 0 Å². The number of allylic oxidation sites excluding steroid dienone is 1. The minimum atomic E-state index is -3.89. The number of carbonyl (C=O) groups excluding carboxylic acids is 3. The van der Waals surface area contributed by atoms with Gasteiger partial charge in [-0.15, -0.1) is 11.3 Å². The highest BCUT2D eigenvalue weighted by Crippen LogP contribution is 2.46. The Morgan fingerprint density at radius 1 is 1.12 bits per heavy atom. The number of urea groups is 1. The lowest BCUT2D eigenvalue weighted by molar-refractivity contribution is -0.134. The number of carbonyl (C=O) groups is 3. The van der Waals surface area contributed by atoms with Gasteiger partial charge >= 0.3 is 6.03 Å². The van der Waals surface area contributed by atoms with Gasteiger partial charge in [-0.25, -0.2) is 23.2 Å². The third kappa shape index (κ3) is 7.61. The number of nitrogens with one attached hydrogen (secondary N) is 2. The Morgan fingerprint density at radius 2 is 1.90 bits per heavy atom. The van der Waals surface area contributed by atoms with Crippen molar-refractivity contribution in [3.63, 3.8) is 0 Å². The van der Waals surface area contributed by atoms with Crippen molar-refractivity contribution >= 4 is 50.1 Å². The van der Waals surface area contributed by atoms with Crippen molar-refractivity contribution in [2.24, 2.45) is 5.92 Å². The number of ether oxygens (including phenoxy) is 3. The molecule has 2 aliphatic heterocycles. The van der Waals surface area contributed by atoms with Gasteiger partial charge in [-0.3, -0.25) is 14.3 Å². The van der Waals surface area contributed by atoms with Crippen LogP contribution in [0.5, 0.6) is 17.2 Å². The molecule has 0 bridgehead atoms. The monoisotopic (exact) mass is 740 g/mol. The van der Waals surface area contributed by atoms with Crippen LogP contribution >= 0.6 is 11.3 Å². The molecule has 1 saturated heterocycles. The number of pyridine rings is 1. The van der Waals surface area contributed by atoms with E-state index >= 15 is 0 Å². The number of fused-ring (bicyclic) bond motifs is 3. The highest BCUT2D eigenvalue weighted by molar-refractivity contribution is 7.89. The molecule has 0 unspecified atom stereocenters. The molecule has 1 aromatic carbocycles. The molecule has 2 fully saturated rings. The van der Waals surface area contributed by atoms with Crippen LogP contribution < -0.4 is 24.2 Å². The molecule has 51 heavy (non-hydrogen) atoms. The third-order valence-corrected chi connectivity index (χ3v) is 11.0. The summed E-state index contributed by atoms with van der Waals surface area (Å²) < 4.78 is 44.1. The van der Waals surface area contributed by atoms with Crippen LogP contribution in [0.3, 0.4) is 0 Å². The highest BCUT2D eigenvalue weighted by Gasteiger charge is 2.61. The fourth-order valence-corrected chi connectivity index (χ4v) is 8.14. The van der Waals surface area contributed by atoms with Crippen molar-refractivity contribution in [3.8, 4) is 28.0 Å². The number of likely N-dealkylation sites (N-methyl/N-ethyl adjacent to an activating group) is 1. The van der Waals surface area contributed by atoms with Gasteiger partial charge < -0.3 is 29.3 Å². The van der Waals surface area contributed by atoms with Gasteiger partial charge in [-0.05, 0) is 31.6 Å². The Kier molecular flexibility index (Phi) is 10.2. The lowest BCUT2D eigenvalue weighted by Gasteiger charge is -2.29. The summed E-state index contributed by atoms with van der Waals surface area (Å²) in [5, 5.41) is 6.12. The van der Waals surface area contributed by atoms with Crippen LogP contribution in [-0.4, -0.2) is 104 Å². The van der Waals surface area contributed by atoms with Crippen LogP contribution in [0.4, 0.5) is 4.79 Å². The van der Waals surface area contributed by atoms with Crippen LogP contribution in [0.25, 0.3) is 21.6 Å². The number of rotatable bonds is 8. The maximum atomic E-state index is 14.1. The first-order valence-corrected chi connectivity index (χ1v) is 19.7. The predicted molar refractivity (Wildman–Crippen MR) is 193 cm³/mol. The molecular formula is C35H44N6O8S2. The fraction of sp³-hybridized carbons (Fsp3) is 0.514. The number of methoxy groups -OCH3 is 2. The molecule has 6 rings (SSSR count). The second-order valence-corrected chi connectivity index (χ2v) is 16.3. The van der Waals surface area contributed by atoms with Crippen LogP contribution in [0.15, 0.2) is 35.7 Å². The first kappa shape index (κ1) is 36.4. The number of sulfonamides is 1. The molecule has 3 aliphatic rings. The van der Waals surface area contributed by atoms with E-state index in [9.17, 15) is 22.8 Å². The smallest absolute Gasteiger partial charge is 0.319 e. The number of benzene rings is 1. The molecule has 274 valence electrons. The van der Waals surface area contributed by atoms with Crippen LogP contribution in [0, 0.1) is 5.92 Å². The van der Waals surface area contributed by atoms with Crippen LogP contribution in [0.2, 0.25) is 0 Å². The lowest BCUT2D eigenvalue weighted by atomic mass is 10.1. The summed E-state index contributed by atoms with van der Waals surface area (Å²) in [7, 11) is 0.926. The number of aromatic nitrogens is 2. The van der Waals surface area contributed by atoms with Gasteiger partial charge in [0, 0.05) is 49.5 Å². The molecule has 2 aromatic heterocycles. The predicted octanol–water partition coefficient (Wildman–Crippen LogP) is 4.06. The second-order valence-electron chi connectivity index (χ2n) is 13.7. The molecule has 4 heterocycles. The number of hydrogen-bond acceptors (Lipinski definition) is 11. The second kappa shape index (κ2) is 14.3. The molecule has 14 nitrogen and oxygen atoms in total. The Balaban J connectivity index is 1.37. The van der Waals surface area contributed by atoms with E-state index in [-0.39, 0.29) is 31.2 Å². The fourth-order valence-electron chi connectivity index (χ4n) is 6.68. The maximum Gasteiger partial charge on any atom is 0.319 e. The van der Waals surface area contributed by atoms with E-state index in [0.29, 0.717) is 45.4 Å². The van der Waals surface area contributed by atoms with E-state index in [2.05, 4.69) is 19.2 Å². The molecule has 4 atom stereocenters. The summed E-state index contributed by atoms with van der Waals surface area (Å²) in [6.45, 7) is 4.67. The van der Waals surface area contributed by atoms with Crippen molar-refractivity contribution in [3.05, 3.63) is 41.4 Å². The molecule has 16 heteroatoms. The topological polar surface area (TPSA) is 169 Å². The summed E-state index contributed by atoms with van der Waals surface area (Å²) in [6.07, 6.45) is 6.74. The van der Waals surface area contributed by atoms with Crippen LogP contribution in [-0.2, 0) is 19.6 Å². The van der Waals surface area contributed by atoms with Crippen molar-refractivity contribution in [2.75, 3.05) is 40.6 Å². The average molecular weight is 741 g/mol. The zero-order chi connectivity index (χ0) is 36.7. The minimum absolute atomic E-state index is 0.0206. The molecule has 1 aliphatic carbocycles. The number of hydrogen-bond donors (Lipinski definition) is 2. The van der Waals surface area contributed by atoms with Gasteiger partial charge in [-0.1, -0.05) is 26.0 Å². The summed E-state index contributed by atoms with van der Waals surface area (Å²) in [6, 6.07) is 3.77. The first-order chi connectivity index (χ1) is 24.2. The molecule has 4 amide bonds. The quantitative estimate of drug-likeness (QED) is 0.321. The van der Waals surface area contributed by atoms with E-state index in [1.165, 1.54) is 16.2 Å². The van der Waals surface area contributed by atoms with Crippen molar-refractivity contribution < 1.29 is 37.0 Å². The van der Waals surface area contributed by atoms with E-state index in [4.69, 9.17) is 24.2 Å². The number of amides is 4. The molecule has 0 spiro atoms. The maximum absolute atomic E-state index is 14.1.